The molecule has 3 N–H and O–H groups in total. The highest BCUT2D eigenvalue weighted by molar-refractivity contribution is 6.03. The van der Waals surface area contributed by atoms with Crippen molar-refractivity contribution in [1.82, 2.24) is 19.9 Å². The van der Waals surface area contributed by atoms with E-state index >= 15 is 0 Å². The van der Waals surface area contributed by atoms with E-state index in [0.717, 1.165) is 66.8 Å². The van der Waals surface area contributed by atoms with Crippen molar-refractivity contribution in [3.05, 3.63) is 165 Å². The van der Waals surface area contributed by atoms with Crippen LogP contribution < -0.4 is 0 Å². The van der Waals surface area contributed by atoms with Crippen molar-refractivity contribution in [2.24, 2.45) is 0 Å². The van der Waals surface area contributed by atoms with Crippen LogP contribution in [0, 0.1) is 0 Å². The third kappa shape index (κ3) is 10.5. The minimum atomic E-state index is -1.02. The molecule has 0 amide bonds. The molecule has 4 aromatic carbocycles. The van der Waals surface area contributed by atoms with E-state index in [1.54, 1.807) is 12.1 Å². The summed E-state index contributed by atoms with van der Waals surface area (Å²) < 4.78 is 0. The SMILES string of the molecule is CC(C)(C)c1cc(-c2c3nc(c(-c4ccccc4C(=O)O)c4nc(c(-c5cc(C(C)(C)C)cc(C(C)(C)C)c5)c5ccc([nH]5)c(-c5cc(C(C)(C)C)cc(C(C)(C)C)c5)c5ccc2[nH]5)C=C4)C=C3)cc(C(C)(C)C)c1. The number of carboxylic acid groups (broad SMARTS) is 1. The third-order valence-corrected chi connectivity index (χ3v) is 15.0. The van der Waals surface area contributed by atoms with Crippen LogP contribution in [-0.4, -0.2) is 31.0 Å². The molecule has 6 heteroatoms. The zero-order chi connectivity index (χ0) is 54.5. The minimum absolute atomic E-state index is 0.118. The molecule has 0 saturated carbocycles. The number of hydrogen-bond donors (Lipinski definition) is 3. The molecule has 0 unspecified atom stereocenters. The molecule has 5 heterocycles. The maximum atomic E-state index is 13.2. The molecular weight excluding hydrogens is 917 g/mol. The van der Waals surface area contributed by atoms with Gasteiger partial charge < -0.3 is 15.1 Å². The molecule has 0 spiro atoms. The second kappa shape index (κ2) is 18.4. The number of rotatable bonds is 5. The van der Waals surface area contributed by atoms with Gasteiger partial charge in [0.1, 0.15) is 0 Å². The zero-order valence-electron chi connectivity index (χ0n) is 47.9. The number of aromatic nitrogens is 4. The number of aromatic carboxylic acids is 1. The highest BCUT2D eigenvalue weighted by atomic mass is 16.4. The predicted molar refractivity (Wildman–Crippen MR) is 320 cm³/mol. The molecule has 0 fully saturated rings. The van der Waals surface area contributed by atoms with E-state index in [1.807, 2.05) is 24.3 Å². The Balaban J connectivity index is 1.55. The van der Waals surface area contributed by atoms with Gasteiger partial charge in [0.2, 0.25) is 0 Å². The quantitative estimate of drug-likeness (QED) is 0.160. The average Bonchev–Trinajstić information content (AvgIpc) is 4.16. The minimum Gasteiger partial charge on any atom is -0.478 e. The number of carboxylic acids is 1. The number of nitrogens with zero attached hydrogens (tertiary/aromatic N) is 2. The topological polar surface area (TPSA) is 94.7 Å². The van der Waals surface area contributed by atoms with Gasteiger partial charge in [0.15, 0.2) is 0 Å². The first kappa shape index (κ1) is 52.8. The van der Waals surface area contributed by atoms with Crippen LogP contribution in [0.3, 0.4) is 0 Å². The number of hydrogen-bond acceptors (Lipinski definition) is 3. The summed E-state index contributed by atoms with van der Waals surface area (Å²) in [5.41, 5.74) is 20.8. The maximum Gasteiger partial charge on any atom is 0.336 e. The monoisotopic (exact) mass is 995 g/mol. The lowest BCUT2D eigenvalue weighted by molar-refractivity contribution is 0.0697. The first-order valence-electron chi connectivity index (χ1n) is 26.7. The summed E-state index contributed by atoms with van der Waals surface area (Å²) >= 11 is 0. The Morgan fingerprint density at radius 3 is 0.920 bits per heavy atom. The van der Waals surface area contributed by atoms with E-state index in [2.05, 4.69) is 226 Å². The van der Waals surface area contributed by atoms with Crippen LogP contribution in [0.15, 0.2) is 103 Å². The fourth-order valence-corrected chi connectivity index (χ4v) is 10.2. The number of nitrogens with one attached hydrogen (secondary N) is 2. The molecule has 0 aliphatic carbocycles. The van der Waals surface area contributed by atoms with Gasteiger partial charge in [-0.25, -0.2) is 14.8 Å². The lowest BCUT2D eigenvalue weighted by Crippen LogP contribution is -2.16. The van der Waals surface area contributed by atoms with Gasteiger partial charge in [0.05, 0.1) is 28.3 Å². The van der Waals surface area contributed by atoms with Gasteiger partial charge in [-0.1, -0.05) is 197 Å². The van der Waals surface area contributed by atoms with Crippen LogP contribution in [-0.2, 0) is 32.5 Å². The van der Waals surface area contributed by atoms with E-state index in [1.165, 1.54) is 33.4 Å². The normalized spacial score (nSPS) is 13.5. The fraction of sp³-hybridized carbons (Fsp3) is 0.348. The van der Waals surface area contributed by atoms with Gasteiger partial charge in [-0.3, -0.25) is 0 Å². The summed E-state index contributed by atoms with van der Waals surface area (Å²) in [7, 11) is 0. The lowest BCUT2D eigenvalue weighted by atomic mass is 9.78. The molecule has 8 bridgehead atoms. The van der Waals surface area contributed by atoms with Gasteiger partial charge in [-0.15, -0.1) is 0 Å². The molecular formula is C69H78N4O2. The molecule has 7 aromatic rings. The Hall–Kier alpha value is -7.05. The molecule has 0 saturated heterocycles. The highest BCUT2D eigenvalue weighted by Gasteiger charge is 2.28. The van der Waals surface area contributed by atoms with E-state index < -0.39 is 5.97 Å². The summed E-state index contributed by atoms with van der Waals surface area (Å²) in [5.74, 6) is -1.02. The number of benzene rings is 4. The van der Waals surface area contributed by atoms with Crippen molar-refractivity contribution in [2.75, 3.05) is 0 Å². The van der Waals surface area contributed by atoms with Crippen molar-refractivity contribution in [1.29, 1.82) is 0 Å². The van der Waals surface area contributed by atoms with Gasteiger partial charge in [0, 0.05) is 49.9 Å². The number of H-pyrrole nitrogens is 2. The molecule has 6 nitrogen and oxygen atoms in total. The number of carbonyl (C=O) groups is 1. The zero-order valence-corrected chi connectivity index (χ0v) is 47.9. The van der Waals surface area contributed by atoms with Crippen LogP contribution in [0.25, 0.3) is 90.9 Å². The Morgan fingerprint density at radius 1 is 0.360 bits per heavy atom. The Bertz CT molecular complexity index is 3410. The first-order valence-corrected chi connectivity index (χ1v) is 26.7. The maximum absolute atomic E-state index is 13.2. The van der Waals surface area contributed by atoms with Crippen molar-refractivity contribution >= 4 is 52.3 Å². The molecule has 2 aliphatic heterocycles. The smallest absolute Gasteiger partial charge is 0.336 e. The van der Waals surface area contributed by atoms with Gasteiger partial charge in [-0.2, -0.15) is 0 Å². The van der Waals surface area contributed by atoms with E-state index in [0.29, 0.717) is 22.5 Å². The lowest BCUT2D eigenvalue weighted by Gasteiger charge is -2.26. The van der Waals surface area contributed by atoms with E-state index in [-0.39, 0.29) is 38.1 Å². The highest BCUT2D eigenvalue weighted by Crippen LogP contribution is 2.44. The van der Waals surface area contributed by atoms with Crippen LogP contribution in [0.4, 0.5) is 0 Å². The Labute approximate surface area is 446 Å². The second-order valence-electron chi connectivity index (χ2n) is 27.3. The van der Waals surface area contributed by atoms with E-state index in [9.17, 15) is 9.90 Å². The first-order chi connectivity index (χ1) is 34.8. The summed E-state index contributed by atoms with van der Waals surface area (Å²) in [6, 6.07) is 37.3. The van der Waals surface area contributed by atoms with Gasteiger partial charge >= 0.3 is 5.97 Å². The van der Waals surface area contributed by atoms with Crippen LogP contribution >= 0.6 is 0 Å². The Kier molecular flexibility index (Phi) is 12.9. The van der Waals surface area contributed by atoms with Crippen LogP contribution in [0.2, 0.25) is 0 Å². The van der Waals surface area contributed by atoms with E-state index in [4.69, 9.17) is 9.97 Å². The van der Waals surface area contributed by atoms with Crippen LogP contribution in [0.5, 0.6) is 0 Å². The fourth-order valence-electron chi connectivity index (χ4n) is 10.2. The number of aromatic amines is 2. The molecule has 386 valence electrons. The molecule has 0 atom stereocenters. The molecule has 0 radical (unpaired) electrons. The Morgan fingerprint density at radius 2 is 0.627 bits per heavy atom. The van der Waals surface area contributed by atoms with Crippen molar-refractivity contribution in [3.63, 3.8) is 0 Å². The van der Waals surface area contributed by atoms with Gasteiger partial charge in [-0.05, 0) is 137 Å². The second-order valence-corrected chi connectivity index (χ2v) is 27.3. The van der Waals surface area contributed by atoms with Crippen molar-refractivity contribution < 1.29 is 9.90 Å². The van der Waals surface area contributed by atoms with Crippen LogP contribution in [0.1, 0.15) is 191 Å². The molecule has 9 rings (SSSR count). The van der Waals surface area contributed by atoms with Crippen molar-refractivity contribution in [2.45, 2.75) is 157 Å². The summed E-state index contributed by atoms with van der Waals surface area (Å²) in [4.78, 5) is 32.4. The number of fused-ring (bicyclic) bond motifs is 8. The average molecular weight is 995 g/mol. The summed E-state index contributed by atoms with van der Waals surface area (Å²) in [6.45, 7) is 41.0. The third-order valence-electron chi connectivity index (χ3n) is 15.0. The van der Waals surface area contributed by atoms with Crippen molar-refractivity contribution in [3.8, 4) is 44.5 Å². The van der Waals surface area contributed by atoms with Gasteiger partial charge in [0.25, 0.3) is 0 Å². The predicted octanol–water partition coefficient (Wildman–Crippen LogP) is 18.8. The standard InChI is InChI=1S/C69H78N4O2/c1-64(2,3)43-31-40(32-44(37-43)65(4,5)6)59-51-23-25-53(70-51)60(41-33-45(66(7,8)9)38-46(34-41)67(10,11)12)55-27-29-57(72-55)62(49-21-19-20-22-50(49)63(74)75)58-30-28-56(73-58)61(54-26-24-52(59)71-54)42-35-47(68(13,14)15)39-48(36-42)69(16,17)18/h19-39,70-71H,1-18H3,(H,74,75). The molecule has 2 aliphatic rings. The molecule has 3 aromatic heterocycles. The summed E-state index contributed by atoms with van der Waals surface area (Å²) in [6.07, 6.45) is 8.24. The molecule has 75 heavy (non-hydrogen) atoms. The summed E-state index contributed by atoms with van der Waals surface area (Å²) in [5, 5.41) is 10.8. The largest absolute Gasteiger partial charge is 0.478 e.